The number of carboxylic acids is 1. The lowest BCUT2D eigenvalue weighted by Gasteiger charge is -2.04. The van der Waals surface area contributed by atoms with Crippen molar-refractivity contribution in [3.63, 3.8) is 0 Å². The number of carbonyl (C=O) groups is 1. The Morgan fingerprint density at radius 3 is 2.81 bits per heavy atom. The number of nitrogens with two attached hydrogens (primary N) is 1. The smallest absolute Gasteiger partial charge is 0.320 e. The summed E-state index contributed by atoms with van der Waals surface area (Å²) in [6.45, 7) is 0. The van der Waals surface area contributed by atoms with Crippen LogP contribution in [0.15, 0.2) is 30.5 Å². The van der Waals surface area contributed by atoms with E-state index < -0.39 is 12.0 Å². The number of hydrogen-bond donors (Lipinski definition) is 3. The van der Waals surface area contributed by atoms with Crippen molar-refractivity contribution in [2.75, 3.05) is 0 Å². The third-order valence-corrected chi connectivity index (χ3v) is 2.43. The molecule has 4 N–H and O–H groups in total. The first-order valence-electron chi connectivity index (χ1n) is 4.72. The summed E-state index contributed by atoms with van der Waals surface area (Å²) in [4.78, 5) is 13.7. The molecular formula is C11H13FN2O2. The highest BCUT2D eigenvalue weighted by molar-refractivity contribution is 5.84. The largest absolute Gasteiger partial charge is 0.480 e. The van der Waals surface area contributed by atoms with Gasteiger partial charge in [-0.05, 0) is 11.6 Å². The zero-order chi connectivity index (χ0) is 10.8. The van der Waals surface area contributed by atoms with Crippen molar-refractivity contribution in [2.24, 2.45) is 5.73 Å². The van der Waals surface area contributed by atoms with Crippen molar-refractivity contribution in [3.8, 4) is 0 Å². The van der Waals surface area contributed by atoms with Crippen molar-refractivity contribution in [1.82, 2.24) is 4.98 Å². The van der Waals surface area contributed by atoms with Crippen LogP contribution in [-0.2, 0) is 11.2 Å². The summed E-state index contributed by atoms with van der Waals surface area (Å²) in [6.07, 6.45) is 2.16. The number of fused-ring (bicyclic) bond motifs is 1. The Labute approximate surface area is 91.4 Å². The summed E-state index contributed by atoms with van der Waals surface area (Å²) in [7, 11) is 0. The lowest BCUT2D eigenvalue weighted by molar-refractivity contribution is -0.138. The summed E-state index contributed by atoms with van der Waals surface area (Å²) in [5, 5.41) is 9.75. The number of para-hydroxylation sites is 1. The molecule has 0 spiro atoms. The van der Waals surface area contributed by atoms with Gasteiger partial charge in [-0.2, -0.15) is 0 Å². The van der Waals surface area contributed by atoms with Gasteiger partial charge >= 0.3 is 5.97 Å². The van der Waals surface area contributed by atoms with Crippen LogP contribution in [0.3, 0.4) is 0 Å². The maximum Gasteiger partial charge on any atom is 0.320 e. The zero-order valence-electron chi connectivity index (χ0n) is 8.51. The molecule has 1 heterocycles. The van der Waals surface area contributed by atoms with E-state index >= 15 is 0 Å². The average Bonchev–Trinajstić information content (AvgIpc) is 2.62. The Bertz CT molecular complexity index is 495. The number of carboxylic acid groups (broad SMARTS) is 1. The number of aromatic amines is 1. The van der Waals surface area contributed by atoms with Gasteiger partial charge < -0.3 is 15.8 Å². The molecule has 2 rings (SSSR count). The molecule has 1 aromatic carbocycles. The van der Waals surface area contributed by atoms with Crippen molar-refractivity contribution in [2.45, 2.75) is 12.5 Å². The Morgan fingerprint density at radius 1 is 1.44 bits per heavy atom. The van der Waals surface area contributed by atoms with Gasteiger partial charge in [0.15, 0.2) is 0 Å². The number of aliphatic carboxylic acids is 1. The molecule has 5 heteroatoms. The van der Waals surface area contributed by atoms with Crippen LogP contribution in [-0.4, -0.2) is 22.1 Å². The first kappa shape index (κ1) is 12.2. The van der Waals surface area contributed by atoms with Gasteiger partial charge in [0, 0.05) is 23.5 Å². The van der Waals surface area contributed by atoms with E-state index in [4.69, 9.17) is 10.8 Å². The fourth-order valence-electron chi connectivity index (χ4n) is 1.62. The predicted molar refractivity (Wildman–Crippen MR) is 60.1 cm³/mol. The predicted octanol–water partition coefficient (Wildman–Crippen LogP) is 1.27. The van der Waals surface area contributed by atoms with E-state index in [1.165, 1.54) is 0 Å². The van der Waals surface area contributed by atoms with Gasteiger partial charge in [-0.15, -0.1) is 0 Å². The molecule has 1 unspecified atom stereocenters. The van der Waals surface area contributed by atoms with E-state index in [9.17, 15) is 4.79 Å². The van der Waals surface area contributed by atoms with Crippen LogP contribution < -0.4 is 5.73 Å². The van der Waals surface area contributed by atoms with Gasteiger partial charge in [0.2, 0.25) is 0 Å². The van der Waals surface area contributed by atoms with Gasteiger partial charge in [0.05, 0.1) is 0 Å². The molecule has 16 heavy (non-hydrogen) atoms. The molecule has 0 fully saturated rings. The summed E-state index contributed by atoms with van der Waals surface area (Å²) >= 11 is 0. The van der Waals surface area contributed by atoms with E-state index in [1.807, 2.05) is 30.5 Å². The number of benzene rings is 1. The van der Waals surface area contributed by atoms with Crippen LogP contribution in [0.1, 0.15) is 5.56 Å². The fourth-order valence-corrected chi connectivity index (χ4v) is 1.62. The summed E-state index contributed by atoms with van der Waals surface area (Å²) in [5.41, 5.74) is 7.43. The lowest BCUT2D eigenvalue weighted by atomic mass is 10.1. The second kappa shape index (κ2) is 4.76. The number of nitrogens with one attached hydrogen (secondary N) is 1. The minimum atomic E-state index is -0.972. The molecule has 2 aromatic rings. The number of H-pyrrole nitrogens is 1. The van der Waals surface area contributed by atoms with E-state index in [0.29, 0.717) is 6.42 Å². The summed E-state index contributed by atoms with van der Waals surface area (Å²) < 4.78 is 0. The first-order chi connectivity index (χ1) is 7.18. The molecule has 1 aromatic heterocycles. The molecule has 0 amide bonds. The minimum Gasteiger partial charge on any atom is -0.480 e. The molecular weight excluding hydrogens is 211 g/mol. The van der Waals surface area contributed by atoms with Crippen molar-refractivity contribution in [3.05, 3.63) is 36.0 Å². The highest BCUT2D eigenvalue weighted by Gasteiger charge is 2.14. The van der Waals surface area contributed by atoms with Gasteiger partial charge in [-0.3, -0.25) is 9.50 Å². The van der Waals surface area contributed by atoms with E-state index in [2.05, 4.69) is 4.98 Å². The molecule has 0 saturated carbocycles. The second-order valence-corrected chi connectivity index (χ2v) is 3.51. The topological polar surface area (TPSA) is 79.1 Å². The normalized spacial score (nSPS) is 12.1. The second-order valence-electron chi connectivity index (χ2n) is 3.51. The van der Waals surface area contributed by atoms with E-state index in [0.717, 1.165) is 16.5 Å². The quantitative estimate of drug-likeness (QED) is 0.734. The Morgan fingerprint density at radius 2 is 2.12 bits per heavy atom. The maximum absolute atomic E-state index is 10.6. The Hall–Kier alpha value is -1.88. The molecule has 86 valence electrons. The maximum atomic E-state index is 10.6. The van der Waals surface area contributed by atoms with E-state index in [-0.39, 0.29) is 4.70 Å². The highest BCUT2D eigenvalue weighted by Crippen LogP contribution is 2.18. The van der Waals surface area contributed by atoms with Crippen LogP contribution in [0.5, 0.6) is 0 Å². The van der Waals surface area contributed by atoms with Gasteiger partial charge in [0.25, 0.3) is 0 Å². The standard InChI is InChI=1S/C11H12N2O2.FH/c12-9(11(14)15)5-7-6-13-10-4-2-1-3-8(7)10;/h1-4,6,9,13H,5,12H2,(H,14,15);1H. The molecule has 0 bridgehead atoms. The first-order valence-corrected chi connectivity index (χ1v) is 4.72. The lowest BCUT2D eigenvalue weighted by Crippen LogP contribution is -2.32. The SMILES string of the molecule is F.NC(Cc1c[nH]c2ccccc12)C(=O)O. The molecule has 0 aliphatic heterocycles. The highest BCUT2D eigenvalue weighted by atomic mass is 19.0. The Balaban J connectivity index is 0.00000128. The third-order valence-electron chi connectivity index (χ3n) is 2.43. The van der Waals surface area contributed by atoms with Crippen LogP contribution in [0.4, 0.5) is 4.70 Å². The zero-order valence-corrected chi connectivity index (χ0v) is 8.51. The monoisotopic (exact) mass is 224 g/mol. The molecule has 4 nitrogen and oxygen atoms in total. The van der Waals surface area contributed by atoms with Crippen LogP contribution in [0.25, 0.3) is 10.9 Å². The average molecular weight is 224 g/mol. The minimum absolute atomic E-state index is 0. The van der Waals surface area contributed by atoms with Crippen molar-refractivity contribution < 1.29 is 14.6 Å². The summed E-state index contributed by atoms with van der Waals surface area (Å²) in [5.74, 6) is -0.972. The fraction of sp³-hybridized carbons (Fsp3) is 0.182. The molecule has 0 aliphatic carbocycles. The Kier molecular flexibility index (Phi) is 3.63. The molecule has 0 radical (unpaired) electrons. The number of aromatic nitrogens is 1. The summed E-state index contributed by atoms with van der Waals surface area (Å²) in [6, 6.07) is 6.91. The number of rotatable bonds is 3. The molecule has 0 aliphatic rings. The van der Waals surface area contributed by atoms with Crippen LogP contribution in [0, 0.1) is 0 Å². The van der Waals surface area contributed by atoms with Gasteiger partial charge in [-0.1, -0.05) is 18.2 Å². The van der Waals surface area contributed by atoms with Gasteiger partial charge in [-0.25, -0.2) is 0 Å². The third kappa shape index (κ3) is 2.20. The number of hydrogen-bond acceptors (Lipinski definition) is 2. The van der Waals surface area contributed by atoms with Crippen molar-refractivity contribution >= 4 is 16.9 Å². The number of halogens is 1. The van der Waals surface area contributed by atoms with Crippen LogP contribution in [0.2, 0.25) is 0 Å². The van der Waals surface area contributed by atoms with Crippen molar-refractivity contribution in [1.29, 1.82) is 0 Å². The van der Waals surface area contributed by atoms with Crippen LogP contribution >= 0.6 is 0 Å². The van der Waals surface area contributed by atoms with Gasteiger partial charge in [0.1, 0.15) is 6.04 Å². The molecule has 1 atom stereocenters. The van der Waals surface area contributed by atoms with E-state index in [1.54, 1.807) is 0 Å². The molecule has 0 saturated heterocycles.